The van der Waals surface area contributed by atoms with Crippen molar-refractivity contribution in [3.63, 3.8) is 0 Å². The van der Waals surface area contributed by atoms with Crippen LogP contribution in [0.4, 0.5) is 0 Å². The van der Waals surface area contributed by atoms with E-state index in [1.165, 1.54) is 0 Å². The first kappa shape index (κ1) is 15.3. The molecule has 0 saturated heterocycles. The van der Waals surface area contributed by atoms with E-state index in [2.05, 4.69) is 10.1 Å². The molecule has 0 aliphatic rings. The maximum atomic E-state index is 9.54. The maximum absolute atomic E-state index is 9.54. The third kappa shape index (κ3) is 3.52. The normalized spacial score (nSPS) is 13.8. The van der Waals surface area contributed by atoms with Gasteiger partial charge in [0.15, 0.2) is 17.3 Å². The lowest BCUT2D eigenvalue weighted by Gasteiger charge is -2.08. The molecule has 0 fully saturated rings. The number of rotatable bonds is 6. The highest BCUT2D eigenvalue weighted by atomic mass is 16.5. The van der Waals surface area contributed by atoms with Crippen molar-refractivity contribution in [2.24, 2.45) is 0 Å². The molecular formula is C15H20N2O4. The third-order valence-corrected chi connectivity index (χ3v) is 3.41. The summed E-state index contributed by atoms with van der Waals surface area (Å²) < 4.78 is 15.7. The maximum Gasteiger partial charge on any atom is 0.232 e. The number of benzene rings is 1. The summed E-state index contributed by atoms with van der Waals surface area (Å²) in [6, 6.07) is 5.65. The monoisotopic (exact) mass is 292 g/mol. The predicted octanol–water partition coefficient (Wildman–Crippen LogP) is 2.16. The molecule has 21 heavy (non-hydrogen) atoms. The minimum atomic E-state index is -0.528. The van der Waals surface area contributed by atoms with Crippen molar-refractivity contribution >= 4 is 0 Å². The van der Waals surface area contributed by atoms with Crippen LogP contribution in [0.2, 0.25) is 0 Å². The number of hydrogen-bond acceptors (Lipinski definition) is 6. The van der Waals surface area contributed by atoms with E-state index in [1.54, 1.807) is 21.1 Å². The molecule has 2 unspecified atom stereocenters. The van der Waals surface area contributed by atoms with E-state index in [4.69, 9.17) is 14.0 Å². The number of aliphatic hydroxyl groups excluding tert-OH is 1. The van der Waals surface area contributed by atoms with Crippen LogP contribution in [0.5, 0.6) is 11.5 Å². The van der Waals surface area contributed by atoms with Gasteiger partial charge in [0.05, 0.1) is 26.2 Å². The van der Waals surface area contributed by atoms with Crippen LogP contribution in [0.3, 0.4) is 0 Å². The molecule has 0 bridgehead atoms. The molecule has 0 saturated carbocycles. The first-order valence-electron chi connectivity index (χ1n) is 6.76. The SMILES string of the molecule is COc1ccc(Cc2noc(C(C)C(C)O)n2)cc1OC. The van der Waals surface area contributed by atoms with E-state index in [9.17, 15) is 5.11 Å². The number of methoxy groups -OCH3 is 2. The van der Waals surface area contributed by atoms with Crippen molar-refractivity contribution in [2.75, 3.05) is 14.2 Å². The second kappa shape index (κ2) is 6.58. The fraction of sp³-hybridized carbons (Fsp3) is 0.467. The van der Waals surface area contributed by atoms with Gasteiger partial charge in [-0.2, -0.15) is 4.98 Å². The van der Waals surface area contributed by atoms with Crippen molar-refractivity contribution in [1.29, 1.82) is 0 Å². The van der Waals surface area contributed by atoms with Crippen LogP contribution in [0.25, 0.3) is 0 Å². The molecule has 6 nitrogen and oxygen atoms in total. The molecule has 0 radical (unpaired) electrons. The Bertz CT molecular complexity index is 595. The summed E-state index contributed by atoms with van der Waals surface area (Å²) in [4.78, 5) is 4.31. The van der Waals surface area contributed by atoms with E-state index >= 15 is 0 Å². The molecule has 2 aromatic rings. The number of aromatic nitrogens is 2. The molecule has 1 aromatic heterocycles. The van der Waals surface area contributed by atoms with Gasteiger partial charge >= 0.3 is 0 Å². The molecule has 2 rings (SSSR count). The predicted molar refractivity (Wildman–Crippen MR) is 76.7 cm³/mol. The summed E-state index contributed by atoms with van der Waals surface area (Å²) in [5.74, 6) is 2.18. The van der Waals surface area contributed by atoms with Gasteiger partial charge in [0.2, 0.25) is 5.89 Å². The topological polar surface area (TPSA) is 77.6 Å². The van der Waals surface area contributed by atoms with Gasteiger partial charge in [-0.15, -0.1) is 0 Å². The molecule has 114 valence electrons. The molecule has 1 heterocycles. The lowest BCUT2D eigenvalue weighted by molar-refractivity contribution is 0.151. The van der Waals surface area contributed by atoms with Crippen molar-refractivity contribution in [3.8, 4) is 11.5 Å². The smallest absolute Gasteiger partial charge is 0.232 e. The Hall–Kier alpha value is -2.08. The molecular weight excluding hydrogens is 272 g/mol. The number of ether oxygens (including phenoxy) is 2. The van der Waals surface area contributed by atoms with Gasteiger partial charge in [0.25, 0.3) is 0 Å². The van der Waals surface area contributed by atoms with E-state index < -0.39 is 6.10 Å². The zero-order valence-corrected chi connectivity index (χ0v) is 12.7. The summed E-state index contributed by atoms with van der Waals surface area (Å²) in [6.45, 7) is 3.54. The number of hydrogen-bond donors (Lipinski definition) is 1. The Morgan fingerprint density at radius 2 is 1.90 bits per heavy atom. The molecule has 1 aromatic carbocycles. The second-order valence-corrected chi connectivity index (χ2v) is 4.94. The minimum Gasteiger partial charge on any atom is -0.493 e. The van der Waals surface area contributed by atoms with Gasteiger partial charge < -0.3 is 19.1 Å². The zero-order valence-electron chi connectivity index (χ0n) is 12.7. The Morgan fingerprint density at radius 3 is 2.52 bits per heavy atom. The van der Waals surface area contributed by atoms with Crippen LogP contribution in [0.1, 0.15) is 37.0 Å². The van der Waals surface area contributed by atoms with Crippen LogP contribution in [0.15, 0.2) is 22.7 Å². The fourth-order valence-electron chi connectivity index (χ4n) is 1.90. The lowest BCUT2D eigenvalue weighted by atomic mass is 10.1. The molecule has 0 spiro atoms. The lowest BCUT2D eigenvalue weighted by Crippen LogP contribution is -2.11. The molecule has 2 atom stereocenters. The van der Waals surface area contributed by atoms with E-state index in [0.717, 1.165) is 5.56 Å². The fourth-order valence-corrected chi connectivity index (χ4v) is 1.90. The van der Waals surface area contributed by atoms with Crippen LogP contribution >= 0.6 is 0 Å². The third-order valence-electron chi connectivity index (χ3n) is 3.41. The molecule has 0 aliphatic carbocycles. The Morgan fingerprint density at radius 1 is 1.19 bits per heavy atom. The molecule has 1 N–H and O–H groups in total. The van der Waals surface area contributed by atoms with Gasteiger partial charge in [0.1, 0.15) is 0 Å². The zero-order chi connectivity index (χ0) is 15.4. The highest BCUT2D eigenvalue weighted by Crippen LogP contribution is 2.28. The summed E-state index contributed by atoms with van der Waals surface area (Å²) in [7, 11) is 3.19. The largest absolute Gasteiger partial charge is 0.493 e. The first-order chi connectivity index (χ1) is 10.0. The van der Waals surface area contributed by atoms with Gasteiger partial charge in [0, 0.05) is 6.42 Å². The Kier molecular flexibility index (Phi) is 4.80. The summed E-state index contributed by atoms with van der Waals surface area (Å²) in [6.07, 6.45) is -0.00416. The highest BCUT2D eigenvalue weighted by molar-refractivity contribution is 5.43. The Balaban J connectivity index is 2.15. The quantitative estimate of drug-likeness (QED) is 0.879. The van der Waals surface area contributed by atoms with Gasteiger partial charge in [-0.05, 0) is 24.6 Å². The number of aliphatic hydroxyl groups is 1. The van der Waals surface area contributed by atoms with Crippen LogP contribution in [0, 0.1) is 0 Å². The first-order valence-corrected chi connectivity index (χ1v) is 6.76. The van der Waals surface area contributed by atoms with Crippen molar-refractivity contribution in [1.82, 2.24) is 10.1 Å². The van der Waals surface area contributed by atoms with Crippen LogP contribution in [-0.4, -0.2) is 35.6 Å². The Labute approximate surface area is 123 Å². The average molecular weight is 292 g/mol. The van der Waals surface area contributed by atoms with Crippen LogP contribution < -0.4 is 9.47 Å². The van der Waals surface area contributed by atoms with Crippen molar-refractivity contribution in [3.05, 3.63) is 35.5 Å². The highest BCUT2D eigenvalue weighted by Gasteiger charge is 2.19. The van der Waals surface area contributed by atoms with E-state index in [-0.39, 0.29) is 5.92 Å². The number of nitrogens with zero attached hydrogens (tertiary/aromatic N) is 2. The van der Waals surface area contributed by atoms with Crippen LogP contribution in [-0.2, 0) is 6.42 Å². The molecule has 0 aliphatic heterocycles. The standard InChI is InChI=1S/C15H20N2O4/c1-9(10(2)18)15-16-14(17-21-15)8-11-5-6-12(19-3)13(7-11)20-4/h5-7,9-10,18H,8H2,1-4H3. The van der Waals surface area contributed by atoms with E-state index in [0.29, 0.717) is 29.6 Å². The summed E-state index contributed by atoms with van der Waals surface area (Å²) in [5.41, 5.74) is 0.990. The van der Waals surface area contributed by atoms with Gasteiger partial charge in [-0.25, -0.2) is 0 Å². The van der Waals surface area contributed by atoms with Crippen molar-refractivity contribution < 1.29 is 19.1 Å². The van der Waals surface area contributed by atoms with Gasteiger partial charge in [-0.3, -0.25) is 0 Å². The van der Waals surface area contributed by atoms with Crippen molar-refractivity contribution in [2.45, 2.75) is 32.3 Å². The van der Waals surface area contributed by atoms with Gasteiger partial charge in [-0.1, -0.05) is 18.1 Å². The second-order valence-electron chi connectivity index (χ2n) is 4.94. The molecule has 6 heteroatoms. The summed E-state index contributed by atoms with van der Waals surface area (Å²) >= 11 is 0. The minimum absolute atomic E-state index is 0.184. The molecule has 0 amide bonds. The summed E-state index contributed by atoms with van der Waals surface area (Å²) in [5, 5.41) is 13.5. The van der Waals surface area contributed by atoms with E-state index in [1.807, 2.05) is 25.1 Å². The average Bonchev–Trinajstić information content (AvgIpc) is 2.94.